The van der Waals surface area contributed by atoms with Crippen LogP contribution in [0.2, 0.25) is 0 Å². The predicted octanol–water partition coefficient (Wildman–Crippen LogP) is 1.16. The van der Waals surface area contributed by atoms with Gasteiger partial charge in [-0.25, -0.2) is 9.97 Å². The molecule has 0 radical (unpaired) electrons. The maximum absolute atomic E-state index is 9.19. The number of rotatable bonds is 4. The standard InChI is InChI=1S/C14H18N6/c1-2-3-13(11-16)19-6-8-20(9-7-19)14-17-5-4-12(10-15)18-14/h4-5,13H,2-3,6-9H2,1H3. The lowest BCUT2D eigenvalue weighted by Crippen LogP contribution is -2.50. The van der Waals surface area contributed by atoms with Crippen LogP contribution in [0.15, 0.2) is 12.3 Å². The molecule has 0 N–H and O–H groups in total. The van der Waals surface area contributed by atoms with E-state index in [1.165, 1.54) is 0 Å². The lowest BCUT2D eigenvalue weighted by atomic mass is 10.1. The van der Waals surface area contributed by atoms with Gasteiger partial charge in [-0.2, -0.15) is 10.5 Å². The molecule has 104 valence electrons. The predicted molar refractivity (Wildman–Crippen MR) is 74.8 cm³/mol. The summed E-state index contributed by atoms with van der Waals surface area (Å²) in [5.74, 6) is 0.604. The Bertz CT molecular complexity index is 521. The summed E-state index contributed by atoms with van der Waals surface area (Å²) in [5.41, 5.74) is 0.387. The van der Waals surface area contributed by atoms with Crippen LogP contribution in [0.1, 0.15) is 25.5 Å². The minimum absolute atomic E-state index is 0.00788. The highest BCUT2D eigenvalue weighted by Crippen LogP contribution is 2.14. The first-order valence-electron chi connectivity index (χ1n) is 6.90. The van der Waals surface area contributed by atoms with Crippen LogP contribution in [-0.2, 0) is 0 Å². The van der Waals surface area contributed by atoms with Crippen molar-refractivity contribution in [3.05, 3.63) is 18.0 Å². The van der Waals surface area contributed by atoms with E-state index in [1.54, 1.807) is 12.3 Å². The van der Waals surface area contributed by atoms with Crippen molar-refractivity contribution in [2.24, 2.45) is 0 Å². The van der Waals surface area contributed by atoms with Gasteiger partial charge in [0.1, 0.15) is 11.8 Å². The Hall–Kier alpha value is -2.18. The summed E-state index contributed by atoms with van der Waals surface area (Å²) in [5, 5.41) is 18.1. The SMILES string of the molecule is CCCC(C#N)N1CCN(c2nccc(C#N)n2)CC1. The molecule has 1 saturated heterocycles. The van der Waals surface area contributed by atoms with Crippen LogP contribution in [-0.4, -0.2) is 47.1 Å². The first-order chi connectivity index (χ1) is 9.78. The normalized spacial score (nSPS) is 17.2. The molecule has 1 aromatic rings. The van der Waals surface area contributed by atoms with E-state index in [2.05, 4.69) is 32.8 Å². The fraction of sp³-hybridized carbons (Fsp3) is 0.571. The van der Waals surface area contributed by atoms with Gasteiger partial charge in [0.05, 0.1) is 12.1 Å². The van der Waals surface area contributed by atoms with Gasteiger partial charge >= 0.3 is 0 Å². The largest absolute Gasteiger partial charge is 0.338 e. The van der Waals surface area contributed by atoms with Crippen molar-refractivity contribution < 1.29 is 0 Å². The molecular weight excluding hydrogens is 252 g/mol. The number of hydrogen-bond acceptors (Lipinski definition) is 6. The molecule has 0 saturated carbocycles. The molecule has 1 aliphatic heterocycles. The van der Waals surface area contributed by atoms with E-state index in [4.69, 9.17) is 5.26 Å². The molecular formula is C14H18N6. The van der Waals surface area contributed by atoms with Crippen molar-refractivity contribution in [1.29, 1.82) is 10.5 Å². The van der Waals surface area contributed by atoms with Crippen molar-refractivity contribution in [2.75, 3.05) is 31.1 Å². The number of hydrogen-bond donors (Lipinski definition) is 0. The zero-order chi connectivity index (χ0) is 14.4. The Kier molecular flexibility index (Phi) is 4.86. The lowest BCUT2D eigenvalue weighted by Gasteiger charge is -2.36. The highest BCUT2D eigenvalue weighted by Gasteiger charge is 2.24. The first-order valence-corrected chi connectivity index (χ1v) is 6.90. The number of piperazine rings is 1. The van der Waals surface area contributed by atoms with Crippen LogP contribution in [0, 0.1) is 22.7 Å². The van der Waals surface area contributed by atoms with Crippen LogP contribution in [0.4, 0.5) is 5.95 Å². The van der Waals surface area contributed by atoms with E-state index in [0.717, 1.165) is 39.0 Å². The van der Waals surface area contributed by atoms with Gasteiger partial charge in [-0.15, -0.1) is 0 Å². The molecule has 0 bridgehead atoms. The third-order valence-electron chi connectivity index (χ3n) is 3.51. The molecule has 1 fully saturated rings. The Morgan fingerprint density at radius 1 is 1.30 bits per heavy atom. The maximum atomic E-state index is 9.19. The van der Waals surface area contributed by atoms with Crippen molar-refractivity contribution in [1.82, 2.24) is 14.9 Å². The maximum Gasteiger partial charge on any atom is 0.226 e. The molecule has 1 aliphatic rings. The molecule has 6 nitrogen and oxygen atoms in total. The zero-order valence-corrected chi connectivity index (χ0v) is 11.7. The quantitative estimate of drug-likeness (QED) is 0.817. The smallest absolute Gasteiger partial charge is 0.226 e. The van der Waals surface area contributed by atoms with Crippen LogP contribution in [0.5, 0.6) is 0 Å². The molecule has 0 spiro atoms. The second kappa shape index (κ2) is 6.83. The van der Waals surface area contributed by atoms with E-state index in [-0.39, 0.29) is 6.04 Å². The molecule has 1 aromatic heterocycles. The van der Waals surface area contributed by atoms with Gasteiger partial charge in [0.2, 0.25) is 5.95 Å². The number of nitriles is 2. The number of aromatic nitrogens is 2. The third-order valence-corrected chi connectivity index (χ3v) is 3.51. The summed E-state index contributed by atoms with van der Waals surface area (Å²) >= 11 is 0. The summed E-state index contributed by atoms with van der Waals surface area (Å²) in [4.78, 5) is 12.7. The Morgan fingerprint density at radius 2 is 2.05 bits per heavy atom. The minimum Gasteiger partial charge on any atom is -0.338 e. The first kappa shape index (κ1) is 14.2. The molecule has 6 heteroatoms. The molecule has 0 aliphatic carbocycles. The second-order valence-electron chi connectivity index (χ2n) is 4.81. The summed E-state index contributed by atoms with van der Waals surface area (Å²) in [6.07, 6.45) is 3.55. The second-order valence-corrected chi connectivity index (χ2v) is 4.81. The molecule has 2 rings (SSSR count). The van der Waals surface area contributed by atoms with Crippen LogP contribution >= 0.6 is 0 Å². The van der Waals surface area contributed by atoms with Crippen molar-refractivity contribution in [3.63, 3.8) is 0 Å². The van der Waals surface area contributed by atoms with Crippen LogP contribution in [0.25, 0.3) is 0 Å². The monoisotopic (exact) mass is 270 g/mol. The number of nitrogens with zero attached hydrogens (tertiary/aromatic N) is 6. The lowest BCUT2D eigenvalue weighted by molar-refractivity contribution is 0.210. The molecule has 1 atom stereocenters. The summed E-state index contributed by atoms with van der Waals surface area (Å²) in [6.45, 7) is 5.34. The Morgan fingerprint density at radius 3 is 2.65 bits per heavy atom. The number of anilines is 1. The van der Waals surface area contributed by atoms with Crippen LogP contribution in [0.3, 0.4) is 0 Å². The van der Waals surface area contributed by atoms with Gasteiger partial charge in [0, 0.05) is 32.4 Å². The fourth-order valence-electron chi connectivity index (χ4n) is 2.40. The molecule has 1 unspecified atom stereocenters. The average molecular weight is 270 g/mol. The van der Waals surface area contributed by atoms with E-state index in [1.807, 2.05) is 6.07 Å². The van der Waals surface area contributed by atoms with Gasteiger partial charge in [-0.1, -0.05) is 13.3 Å². The third kappa shape index (κ3) is 3.23. The molecule has 20 heavy (non-hydrogen) atoms. The average Bonchev–Trinajstić information content (AvgIpc) is 2.53. The highest BCUT2D eigenvalue weighted by molar-refractivity contribution is 5.34. The fourth-order valence-corrected chi connectivity index (χ4v) is 2.40. The topological polar surface area (TPSA) is 79.8 Å². The molecule has 0 aromatic carbocycles. The summed E-state index contributed by atoms with van der Waals surface area (Å²) < 4.78 is 0. The van der Waals surface area contributed by atoms with Crippen molar-refractivity contribution >= 4 is 5.95 Å². The van der Waals surface area contributed by atoms with Gasteiger partial charge < -0.3 is 4.90 Å². The minimum atomic E-state index is 0.00788. The molecule has 2 heterocycles. The van der Waals surface area contributed by atoms with Gasteiger partial charge in [0.25, 0.3) is 0 Å². The van der Waals surface area contributed by atoms with E-state index in [0.29, 0.717) is 11.6 Å². The van der Waals surface area contributed by atoms with E-state index < -0.39 is 0 Å². The Balaban J connectivity index is 1.97. The van der Waals surface area contributed by atoms with E-state index in [9.17, 15) is 5.26 Å². The van der Waals surface area contributed by atoms with Crippen molar-refractivity contribution in [2.45, 2.75) is 25.8 Å². The summed E-state index contributed by atoms with van der Waals surface area (Å²) in [6, 6.07) is 6.02. The Labute approximate surface area is 119 Å². The molecule has 0 amide bonds. The van der Waals surface area contributed by atoms with Gasteiger partial charge in [-0.05, 0) is 12.5 Å². The zero-order valence-electron chi connectivity index (χ0n) is 11.7. The van der Waals surface area contributed by atoms with Gasteiger partial charge in [-0.3, -0.25) is 4.90 Å². The van der Waals surface area contributed by atoms with Crippen molar-refractivity contribution in [3.8, 4) is 12.1 Å². The van der Waals surface area contributed by atoms with Crippen LogP contribution < -0.4 is 4.90 Å². The van der Waals surface area contributed by atoms with E-state index >= 15 is 0 Å². The summed E-state index contributed by atoms with van der Waals surface area (Å²) in [7, 11) is 0. The highest BCUT2D eigenvalue weighted by atomic mass is 15.3. The van der Waals surface area contributed by atoms with Gasteiger partial charge in [0.15, 0.2) is 0 Å².